The number of hydrogen-bond acceptors (Lipinski definition) is 3. The van der Waals surface area contributed by atoms with Crippen molar-refractivity contribution in [1.29, 1.82) is 0 Å². The molecule has 16 heavy (non-hydrogen) atoms. The van der Waals surface area contributed by atoms with Crippen molar-refractivity contribution in [1.82, 2.24) is 0 Å². The van der Waals surface area contributed by atoms with Gasteiger partial charge >= 0.3 is 5.97 Å². The fraction of sp³-hybridized carbons (Fsp3) is 0.364. The number of para-hydroxylation sites is 1. The summed E-state index contributed by atoms with van der Waals surface area (Å²) in [5.74, 6) is -2.06. The lowest BCUT2D eigenvalue weighted by Crippen LogP contribution is -2.18. The van der Waals surface area contributed by atoms with Gasteiger partial charge in [0.15, 0.2) is 11.6 Å². The van der Waals surface area contributed by atoms with Crippen molar-refractivity contribution in [2.75, 3.05) is 13.2 Å². The molecular weight excluding hydrogens is 215 g/mol. The van der Waals surface area contributed by atoms with Gasteiger partial charge in [-0.15, -0.1) is 0 Å². The second-order valence-electron chi connectivity index (χ2n) is 3.53. The molecule has 4 nitrogen and oxygen atoms in total. The Kier molecular flexibility index (Phi) is 3.05. The monoisotopic (exact) mass is 226 g/mol. The second-order valence-corrected chi connectivity index (χ2v) is 3.53. The van der Waals surface area contributed by atoms with Crippen LogP contribution in [-0.2, 0) is 4.74 Å². The predicted molar refractivity (Wildman–Crippen MR) is 53.2 cm³/mol. The molecular formula is C11H11FO4. The number of ether oxygens (including phenoxy) is 2. The number of aromatic carboxylic acids is 1. The van der Waals surface area contributed by atoms with E-state index in [4.69, 9.17) is 14.6 Å². The Morgan fingerprint density at radius 2 is 2.38 bits per heavy atom. The van der Waals surface area contributed by atoms with Crippen LogP contribution in [0.1, 0.15) is 16.8 Å². The average Bonchev–Trinajstić information content (AvgIpc) is 2.73. The van der Waals surface area contributed by atoms with Gasteiger partial charge in [-0.25, -0.2) is 9.18 Å². The first-order chi connectivity index (χ1) is 7.68. The molecule has 1 aromatic rings. The Labute approximate surface area is 91.6 Å². The second kappa shape index (κ2) is 4.49. The van der Waals surface area contributed by atoms with Crippen molar-refractivity contribution in [3.05, 3.63) is 29.6 Å². The minimum absolute atomic E-state index is 0.160. The van der Waals surface area contributed by atoms with Crippen molar-refractivity contribution < 1.29 is 23.8 Å². The zero-order chi connectivity index (χ0) is 11.5. The summed E-state index contributed by atoms with van der Waals surface area (Å²) >= 11 is 0. The van der Waals surface area contributed by atoms with Crippen LogP contribution in [0.4, 0.5) is 4.39 Å². The van der Waals surface area contributed by atoms with E-state index in [-0.39, 0.29) is 17.4 Å². The number of carboxylic acids is 1. The zero-order valence-corrected chi connectivity index (χ0v) is 8.48. The van der Waals surface area contributed by atoms with E-state index < -0.39 is 11.8 Å². The summed E-state index contributed by atoms with van der Waals surface area (Å²) in [6.45, 7) is 0.926. The van der Waals surface area contributed by atoms with Crippen LogP contribution in [0.5, 0.6) is 5.75 Å². The number of carbonyl (C=O) groups is 1. The van der Waals surface area contributed by atoms with Gasteiger partial charge in [-0.3, -0.25) is 0 Å². The first kappa shape index (κ1) is 10.9. The topological polar surface area (TPSA) is 55.8 Å². The van der Waals surface area contributed by atoms with Crippen LogP contribution < -0.4 is 4.74 Å². The Hall–Kier alpha value is -1.62. The lowest BCUT2D eigenvalue weighted by atomic mass is 10.2. The van der Waals surface area contributed by atoms with Gasteiger partial charge in [0.2, 0.25) is 0 Å². The maximum Gasteiger partial charge on any atom is 0.339 e. The van der Waals surface area contributed by atoms with Crippen LogP contribution in [0.3, 0.4) is 0 Å². The van der Waals surface area contributed by atoms with Crippen LogP contribution >= 0.6 is 0 Å². The summed E-state index contributed by atoms with van der Waals surface area (Å²) in [6.07, 6.45) is 0.378. The molecule has 0 saturated carbocycles. The van der Waals surface area contributed by atoms with E-state index in [1.807, 2.05) is 0 Å². The van der Waals surface area contributed by atoms with Gasteiger partial charge in [-0.2, -0.15) is 0 Å². The summed E-state index contributed by atoms with van der Waals surface area (Å²) in [5, 5.41) is 8.89. The third-order valence-electron chi connectivity index (χ3n) is 2.37. The maximum absolute atomic E-state index is 13.4. The molecule has 5 heteroatoms. The molecule has 1 aliphatic rings. The molecule has 1 saturated heterocycles. The van der Waals surface area contributed by atoms with Crippen molar-refractivity contribution in [2.45, 2.75) is 12.5 Å². The van der Waals surface area contributed by atoms with Crippen LogP contribution in [0.25, 0.3) is 0 Å². The Bertz CT molecular complexity index is 399. The molecule has 0 radical (unpaired) electrons. The number of benzene rings is 1. The molecule has 1 atom stereocenters. The van der Waals surface area contributed by atoms with Gasteiger partial charge in [0.25, 0.3) is 0 Å². The number of rotatable bonds is 3. The highest BCUT2D eigenvalue weighted by Crippen LogP contribution is 2.25. The third kappa shape index (κ3) is 2.14. The summed E-state index contributed by atoms with van der Waals surface area (Å²) in [7, 11) is 0. The Morgan fingerprint density at radius 3 is 3.00 bits per heavy atom. The molecule has 0 bridgehead atoms. The van der Waals surface area contributed by atoms with E-state index >= 15 is 0 Å². The highest BCUT2D eigenvalue weighted by molar-refractivity contribution is 5.90. The average molecular weight is 226 g/mol. The minimum atomic E-state index is -1.20. The summed E-state index contributed by atoms with van der Waals surface area (Å²) in [4.78, 5) is 10.9. The van der Waals surface area contributed by atoms with E-state index in [9.17, 15) is 9.18 Å². The van der Waals surface area contributed by atoms with E-state index in [0.29, 0.717) is 19.6 Å². The van der Waals surface area contributed by atoms with Gasteiger partial charge in [0.05, 0.1) is 13.2 Å². The van der Waals surface area contributed by atoms with E-state index in [2.05, 4.69) is 0 Å². The lowest BCUT2D eigenvalue weighted by molar-refractivity contribution is 0.0685. The summed E-state index contributed by atoms with van der Waals surface area (Å²) < 4.78 is 23.8. The molecule has 1 aromatic carbocycles. The first-order valence-corrected chi connectivity index (χ1v) is 4.94. The smallest absolute Gasteiger partial charge is 0.339 e. The van der Waals surface area contributed by atoms with Gasteiger partial charge in [-0.05, 0) is 12.1 Å². The summed E-state index contributed by atoms with van der Waals surface area (Å²) in [6, 6.07) is 3.84. The molecule has 1 unspecified atom stereocenters. The van der Waals surface area contributed by atoms with E-state index in [0.717, 1.165) is 0 Å². The molecule has 1 fully saturated rings. The fourth-order valence-corrected chi connectivity index (χ4v) is 1.57. The SMILES string of the molecule is O=C(O)c1cccc(F)c1OC1CCOC1. The summed E-state index contributed by atoms with van der Waals surface area (Å²) in [5.41, 5.74) is -0.160. The Morgan fingerprint density at radius 1 is 1.56 bits per heavy atom. The van der Waals surface area contributed by atoms with Crippen molar-refractivity contribution in [3.63, 3.8) is 0 Å². The van der Waals surface area contributed by atoms with Crippen molar-refractivity contribution in [2.24, 2.45) is 0 Å². The molecule has 0 aliphatic carbocycles. The molecule has 1 aliphatic heterocycles. The largest absolute Gasteiger partial charge is 0.484 e. The standard InChI is InChI=1S/C11H11FO4/c12-9-3-1-2-8(11(13)14)10(9)16-7-4-5-15-6-7/h1-3,7H,4-6H2,(H,13,14). The Balaban J connectivity index is 2.26. The number of carboxylic acid groups (broad SMARTS) is 1. The highest BCUT2D eigenvalue weighted by Gasteiger charge is 2.22. The van der Waals surface area contributed by atoms with E-state index in [1.165, 1.54) is 18.2 Å². The quantitative estimate of drug-likeness (QED) is 0.852. The first-order valence-electron chi connectivity index (χ1n) is 4.94. The fourth-order valence-electron chi connectivity index (χ4n) is 1.57. The van der Waals surface area contributed by atoms with Crippen LogP contribution in [0.15, 0.2) is 18.2 Å². The molecule has 0 aromatic heterocycles. The molecule has 1 heterocycles. The molecule has 2 rings (SSSR count). The van der Waals surface area contributed by atoms with Gasteiger partial charge in [-0.1, -0.05) is 6.07 Å². The number of hydrogen-bond donors (Lipinski definition) is 1. The normalized spacial score (nSPS) is 19.7. The van der Waals surface area contributed by atoms with Crippen molar-refractivity contribution in [3.8, 4) is 5.75 Å². The van der Waals surface area contributed by atoms with E-state index in [1.54, 1.807) is 0 Å². The van der Waals surface area contributed by atoms with Crippen LogP contribution in [0, 0.1) is 5.82 Å². The minimum Gasteiger partial charge on any atom is -0.484 e. The third-order valence-corrected chi connectivity index (χ3v) is 2.37. The van der Waals surface area contributed by atoms with Gasteiger partial charge in [0, 0.05) is 6.42 Å². The molecule has 1 N–H and O–H groups in total. The molecule has 86 valence electrons. The highest BCUT2D eigenvalue weighted by atomic mass is 19.1. The predicted octanol–water partition coefficient (Wildman–Crippen LogP) is 1.69. The van der Waals surface area contributed by atoms with Crippen LogP contribution in [-0.4, -0.2) is 30.4 Å². The van der Waals surface area contributed by atoms with Gasteiger partial charge < -0.3 is 14.6 Å². The maximum atomic E-state index is 13.4. The van der Waals surface area contributed by atoms with Gasteiger partial charge in [0.1, 0.15) is 11.7 Å². The molecule has 0 spiro atoms. The van der Waals surface area contributed by atoms with Crippen LogP contribution in [0.2, 0.25) is 0 Å². The lowest BCUT2D eigenvalue weighted by Gasteiger charge is -2.14. The zero-order valence-electron chi connectivity index (χ0n) is 8.48. The van der Waals surface area contributed by atoms with Crippen molar-refractivity contribution >= 4 is 5.97 Å². The molecule has 0 amide bonds. The number of halogens is 1.